The topological polar surface area (TPSA) is 36.3 Å². The zero-order valence-electron chi connectivity index (χ0n) is 15.6. The number of rotatable bonds is 7. The number of hydrogen-bond donors (Lipinski definition) is 0. The van der Waals surface area contributed by atoms with Gasteiger partial charge in [0.2, 0.25) is 0 Å². The van der Waals surface area contributed by atoms with E-state index in [0.29, 0.717) is 18.2 Å². The van der Waals surface area contributed by atoms with E-state index in [1.165, 1.54) is 5.56 Å². The fourth-order valence-corrected chi connectivity index (χ4v) is 3.35. The van der Waals surface area contributed by atoms with Crippen LogP contribution >= 0.6 is 11.6 Å². The van der Waals surface area contributed by atoms with Gasteiger partial charge < -0.3 is 14.0 Å². The number of imidazole rings is 1. The predicted octanol–water partition coefficient (Wildman–Crippen LogP) is 5.37. The van der Waals surface area contributed by atoms with Crippen molar-refractivity contribution in [3.63, 3.8) is 0 Å². The maximum atomic E-state index is 5.93. The number of benzene rings is 3. The van der Waals surface area contributed by atoms with E-state index >= 15 is 0 Å². The summed E-state index contributed by atoms with van der Waals surface area (Å²) in [7, 11) is 1.68. The predicted molar refractivity (Wildman–Crippen MR) is 112 cm³/mol. The zero-order chi connectivity index (χ0) is 19.3. The number of nitrogens with zero attached hydrogens (tertiary/aromatic N) is 2. The highest BCUT2D eigenvalue weighted by molar-refractivity contribution is 6.30. The Hall–Kier alpha value is -2.98. The summed E-state index contributed by atoms with van der Waals surface area (Å²) in [4.78, 5) is 4.85. The summed E-state index contributed by atoms with van der Waals surface area (Å²) in [5.41, 5.74) is 3.30. The van der Waals surface area contributed by atoms with Crippen molar-refractivity contribution < 1.29 is 9.47 Å². The standard InChI is InChI=1S/C23H21ClN2O2/c1-27-19-10-6-17(7-11-19)16-23-25-21-4-2-3-5-22(21)26(23)14-15-28-20-12-8-18(24)9-13-20/h2-13H,14-16H2,1H3. The second-order valence-corrected chi connectivity index (χ2v) is 6.93. The van der Waals surface area contributed by atoms with E-state index in [4.69, 9.17) is 26.1 Å². The largest absolute Gasteiger partial charge is 0.497 e. The highest BCUT2D eigenvalue weighted by Gasteiger charge is 2.11. The van der Waals surface area contributed by atoms with Gasteiger partial charge in [0, 0.05) is 11.4 Å². The van der Waals surface area contributed by atoms with Crippen LogP contribution in [0.1, 0.15) is 11.4 Å². The average molecular weight is 393 g/mol. The summed E-state index contributed by atoms with van der Waals surface area (Å²) in [5, 5.41) is 0.703. The molecule has 4 nitrogen and oxygen atoms in total. The molecular formula is C23H21ClN2O2. The van der Waals surface area contributed by atoms with Crippen LogP contribution in [0.2, 0.25) is 5.02 Å². The molecule has 4 rings (SSSR count). The van der Waals surface area contributed by atoms with Crippen LogP contribution in [0, 0.1) is 0 Å². The minimum atomic E-state index is 0.553. The third kappa shape index (κ3) is 4.12. The molecule has 0 spiro atoms. The normalized spacial score (nSPS) is 10.9. The molecule has 4 aromatic rings. The summed E-state index contributed by atoms with van der Waals surface area (Å²) in [6.07, 6.45) is 0.750. The van der Waals surface area contributed by atoms with Crippen LogP contribution in [0.25, 0.3) is 11.0 Å². The number of para-hydroxylation sites is 2. The molecular weight excluding hydrogens is 372 g/mol. The lowest BCUT2D eigenvalue weighted by Gasteiger charge is -2.11. The fourth-order valence-electron chi connectivity index (χ4n) is 3.22. The van der Waals surface area contributed by atoms with Crippen molar-refractivity contribution in [1.82, 2.24) is 9.55 Å². The quantitative estimate of drug-likeness (QED) is 0.424. The smallest absolute Gasteiger partial charge is 0.119 e. The van der Waals surface area contributed by atoms with Crippen molar-refractivity contribution in [3.05, 3.63) is 89.2 Å². The van der Waals surface area contributed by atoms with Crippen molar-refractivity contribution in [2.75, 3.05) is 13.7 Å². The molecule has 0 amide bonds. The van der Waals surface area contributed by atoms with Gasteiger partial charge in [-0.15, -0.1) is 0 Å². The molecule has 0 bridgehead atoms. The molecule has 0 saturated heterocycles. The molecule has 0 saturated carbocycles. The summed E-state index contributed by atoms with van der Waals surface area (Å²) in [6.45, 7) is 1.27. The van der Waals surface area contributed by atoms with Crippen LogP contribution in [0.4, 0.5) is 0 Å². The van der Waals surface area contributed by atoms with Gasteiger partial charge in [0.25, 0.3) is 0 Å². The first-order valence-corrected chi connectivity index (χ1v) is 9.56. The molecule has 3 aromatic carbocycles. The molecule has 1 aromatic heterocycles. The molecule has 0 N–H and O–H groups in total. The minimum Gasteiger partial charge on any atom is -0.497 e. The fraction of sp³-hybridized carbons (Fsp3) is 0.174. The van der Waals surface area contributed by atoms with Crippen LogP contribution in [0.5, 0.6) is 11.5 Å². The van der Waals surface area contributed by atoms with E-state index in [0.717, 1.165) is 34.8 Å². The van der Waals surface area contributed by atoms with E-state index in [9.17, 15) is 0 Å². The Labute approximate surface area is 169 Å². The van der Waals surface area contributed by atoms with Gasteiger partial charge in [0.1, 0.15) is 23.9 Å². The molecule has 1 heterocycles. The van der Waals surface area contributed by atoms with E-state index in [2.05, 4.69) is 22.8 Å². The number of halogens is 1. The Kier molecular flexibility index (Phi) is 5.49. The highest BCUT2D eigenvalue weighted by Crippen LogP contribution is 2.21. The molecule has 0 fully saturated rings. The van der Waals surface area contributed by atoms with Crippen LogP contribution in [0.3, 0.4) is 0 Å². The van der Waals surface area contributed by atoms with Crippen molar-refractivity contribution in [3.8, 4) is 11.5 Å². The average Bonchev–Trinajstić information content (AvgIpc) is 3.07. The Morgan fingerprint density at radius 2 is 1.61 bits per heavy atom. The van der Waals surface area contributed by atoms with Crippen molar-refractivity contribution >= 4 is 22.6 Å². The summed E-state index contributed by atoms with van der Waals surface area (Å²) in [5.74, 6) is 2.69. The van der Waals surface area contributed by atoms with Crippen molar-refractivity contribution in [1.29, 1.82) is 0 Å². The zero-order valence-corrected chi connectivity index (χ0v) is 16.4. The maximum Gasteiger partial charge on any atom is 0.119 e. The molecule has 0 radical (unpaired) electrons. The summed E-state index contributed by atoms with van der Waals surface area (Å²) in [6, 6.07) is 23.7. The number of methoxy groups -OCH3 is 1. The van der Waals surface area contributed by atoms with Crippen LogP contribution < -0.4 is 9.47 Å². The lowest BCUT2D eigenvalue weighted by Crippen LogP contribution is -2.11. The minimum absolute atomic E-state index is 0.553. The number of fused-ring (bicyclic) bond motifs is 1. The maximum absolute atomic E-state index is 5.93. The molecule has 0 unspecified atom stereocenters. The third-order valence-electron chi connectivity index (χ3n) is 4.65. The monoisotopic (exact) mass is 392 g/mol. The van der Waals surface area contributed by atoms with Gasteiger partial charge in [0.15, 0.2) is 0 Å². The van der Waals surface area contributed by atoms with Crippen LogP contribution in [-0.4, -0.2) is 23.3 Å². The van der Waals surface area contributed by atoms with Gasteiger partial charge in [-0.3, -0.25) is 0 Å². The van der Waals surface area contributed by atoms with Crippen molar-refractivity contribution in [2.24, 2.45) is 0 Å². The Morgan fingerprint density at radius 3 is 2.36 bits per heavy atom. The Bertz CT molecular complexity index is 1060. The van der Waals surface area contributed by atoms with Crippen molar-refractivity contribution in [2.45, 2.75) is 13.0 Å². The molecule has 0 aliphatic rings. The highest BCUT2D eigenvalue weighted by atomic mass is 35.5. The lowest BCUT2D eigenvalue weighted by molar-refractivity contribution is 0.298. The second-order valence-electron chi connectivity index (χ2n) is 6.50. The van der Waals surface area contributed by atoms with E-state index in [1.807, 2.05) is 54.6 Å². The molecule has 0 atom stereocenters. The van der Waals surface area contributed by atoms with E-state index in [1.54, 1.807) is 7.11 Å². The SMILES string of the molecule is COc1ccc(Cc2nc3ccccc3n2CCOc2ccc(Cl)cc2)cc1. The van der Waals surface area contributed by atoms with Crippen LogP contribution in [0.15, 0.2) is 72.8 Å². The van der Waals surface area contributed by atoms with Gasteiger partial charge in [0.05, 0.1) is 24.7 Å². The first-order valence-electron chi connectivity index (χ1n) is 9.18. The van der Waals surface area contributed by atoms with Gasteiger partial charge >= 0.3 is 0 Å². The Morgan fingerprint density at radius 1 is 0.893 bits per heavy atom. The molecule has 142 valence electrons. The summed E-state index contributed by atoms with van der Waals surface area (Å²) < 4.78 is 13.4. The number of ether oxygens (including phenoxy) is 2. The lowest BCUT2D eigenvalue weighted by atomic mass is 10.1. The van der Waals surface area contributed by atoms with E-state index in [-0.39, 0.29) is 0 Å². The number of hydrogen-bond acceptors (Lipinski definition) is 3. The Balaban J connectivity index is 1.54. The molecule has 0 aliphatic carbocycles. The van der Waals surface area contributed by atoms with Gasteiger partial charge in [-0.05, 0) is 54.1 Å². The molecule has 28 heavy (non-hydrogen) atoms. The van der Waals surface area contributed by atoms with Gasteiger partial charge in [-0.1, -0.05) is 35.9 Å². The van der Waals surface area contributed by atoms with Gasteiger partial charge in [-0.25, -0.2) is 4.98 Å². The molecule has 0 aliphatic heterocycles. The molecule has 5 heteroatoms. The summed E-state index contributed by atoms with van der Waals surface area (Å²) >= 11 is 5.93. The first-order chi connectivity index (χ1) is 13.7. The van der Waals surface area contributed by atoms with Gasteiger partial charge in [-0.2, -0.15) is 0 Å². The first kappa shape index (κ1) is 18.4. The van der Waals surface area contributed by atoms with E-state index < -0.39 is 0 Å². The number of aromatic nitrogens is 2. The third-order valence-corrected chi connectivity index (χ3v) is 4.90. The second kappa shape index (κ2) is 8.36. The van der Waals surface area contributed by atoms with Crippen LogP contribution in [-0.2, 0) is 13.0 Å².